The predicted octanol–water partition coefficient (Wildman–Crippen LogP) is 4.88. The molecule has 0 unspecified atom stereocenters. The van der Waals surface area contributed by atoms with E-state index in [1.807, 2.05) is 43.3 Å². The number of halogens is 3. The average Bonchev–Trinajstić information content (AvgIpc) is 2.93. The van der Waals surface area contributed by atoms with Crippen LogP contribution in [0.25, 0.3) is 6.08 Å². The van der Waals surface area contributed by atoms with E-state index < -0.39 is 22.9 Å². The van der Waals surface area contributed by atoms with Crippen molar-refractivity contribution >= 4 is 40.4 Å². The number of carbonyl (C=O) groups is 2. The van der Waals surface area contributed by atoms with Gasteiger partial charge in [0.25, 0.3) is 11.1 Å². The van der Waals surface area contributed by atoms with E-state index in [2.05, 4.69) is 5.32 Å². The van der Waals surface area contributed by atoms with Crippen molar-refractivity contribution in [1.82, 2.24) is 4.90 Å². The van der Waals surface area contributed by atoms with Crippen molar-refractivity contribution in [2.45, 2.75) is 6.18 Å². The molecule has 3 rings (SSSR count). The summed E-state index contributed by atoms with van der Waals surface area (Å²) < 4.78 is 38.4. The minimum absolute atomic E-state index is 0.169. The third kappa shape index (κ3) is 4.92. The lowest BCUT2D eigenvalue weighted by Gasteiger charge is -2.15. The second-order valence-corrected chi connectivity index (χ2v) is 7.50. The van der Waals surface area contributed by atoms with Crippen LogP contribution in [0.15, 0.2) is 53.4 Å². The summed E-state index contributed by atoms with van der Waals surface area (Å²) in [7, 11) is 3.83. The molecule has 5 nitrogen and oxygen atoms in total. The summed E-state index contributed by atoms with van der Waals surface area (Å²) >= 11 is 0.798. The van der Waals surface area contributed by atoms with Gasteiger partial charge in [0.1, 0.15) is 0 Å². The van der Waals surface area contributed by atoms with Gasteiger partial charge >= 0.3 is 6.18 Å². The highest BCUT2D eigenvalue weighted by Crippen LogP contribution is 2.33. The maximum Gasteiger partial charge on any atom is 0.416 e. The fourth-order valence-electron chi connectivity index (χ4n) is 2.63. The number of rotatable bonds is 5. The molecular formula is C20H18F3N3O2S. The molecule has 1 aliphatic heterocycles. The van der Waals surface area contributed by atoms with Crippen LogP contribution in [0, 0.1) is 0 Å². The minimum atomic E-state index is -4.47. The zero-order valence-electron chi connectivity index (χ0n) is 15.7. The molecule has 0 aromatic heterocycles. The van der Waals surface area contributed by atoms with E-state index in [0.717, 1.165) is 40.0 Å². The van der Waals surface area contributed by atoms with Crippen LogP contribution in [0.4, 0.5) is 29.3 Å². The second-order valence-electron chi connectivity index (χ2n) is 6.51. The summed E-state index contributed by atoms with van der Waals surface area (Å²) in [5.74, 6) is -0.490. The topological polar surface area (TPSA) is 52.7 Å². The molecule has 1 saturated heterocycles. The smallest absolute Gasteiger partial charge is 0.378 e. The molecule has 0 atom stereocenters. The van der Waals surface area contributed by atoms with E-state index in [1.54, 1.807) is 6.08 Å². The third-order valence-electron chi connectivity index (χ3n) is 4.21. The van der Waals surface area contributed by atoms with Gasteiger partial charge in [0.2, 0.25) is 0 Å². The number of amides is 2. The molecule has 9 heteroatoms. The van der Waals surface area contributed by atoms with Gasteiger partial charge in [-0.05, 0) is 53.7 Å². The Kier molecular flexibility index (Phi) is 5.88. The normalized spacial score (nSPS) is 15.9. The number of imide groups is 1. The maximum absolute atomic E-state index is 12.8. The van der Waals surface area contributed by atoms with Crippen LogP contribution >= 0.6 is 11.8 Å². The number of benzene rings is 2. The number of alkyl halides is 3. The first-order valence-corrected chi connectivity index (χ1v) is 9.41. The Labute approximate surface area is 170 Å². The number of hydrogen-bond donors (Lipinski definition) is 1. The number of carbonyl (C=O) groups excluding carboxylic acids is 2. The van der Waals surface area contributed by atoms with Crippen LogP contribution in [0.3, 0.4) is 0 Å². The summed E-state index contributed by atoms with van der Waals surface area (Å²) in [5.41, 5.74) is 1.13. The van der Waals surface area contributed by atoms with Gasteiger partial charge in [-0.25, -0.2) is 0 Å². The lowest BCUT2D eigenvalue weighted by Crippen LogP contribution is -2.33. The molecule has 2 aromatic carbocycles. The first-order valence-electron chi connectivity index (χ1n) is 8.59. The van der Waals surface area contributed by atoms with Crippen LogP contribution in [0.1, 0.15) is 11.1 Å². The lowest BCUT2D eigenvalue weighted by atomic mass is 10.2. The number of hydrogen-bond acceptors (Lipinski definition) is 5. The van der Waals surface area contributed by atoms with Crippen molar-refractivity contribution in [1.29, 1.82) is 0 Å². The fourth-order valence-corrected chi connectivity index (χ4v) is 3.47. The number of nitrogens with one attached hydrogen (secondary N) is 1. The molecule has 0 radical (unpaired) electrons. The van der Waals surface area contributed by atoms with Gasteiger partial charge in [-0.1, -0.05) is 18.2 Å². The quantitative estimate of drug-likeness (QED) is 0.698. The highest BCUT2D eigenvalue weighted by molar-refractivity contribution is 8.18. The molecule has 29 heavy (non-hydrogen) atoms. The standard InChI is InChI=1S/C20H18F3N3O2S/c1-25(2)16-8-6-13(7-9-16)10-17-18(27)26(19(28)29-17)12-24-15-5-3-4-14(11-15)20(21,22)23/h3-11,24H,12H2,1-2H3. The predicted molar refractivity (Wildman–Crippen MR) is 109 cm³/mol. The Hall–Kier alpha value is -2.94. The van der Waals surface area contributed by atoms with Crippen LogP contribution in [-0.4, -0.2) is 36.8 Å². The molecule has 1 aliphatic rings. The van der Waals surface area contributed by atoms with E-state index in [1.165, 1.54) is 12.1 Å². The van der Waals surface area contributed by atoms with Gasteiger partial charge < -0.3 is 10.2 Å². The number of nitrogens with zero attached hydrogens (tertiary/aromatic N) is 2. The highest BCUT2D eigenvalue weighted by atomic mass is 32.2. The van der Waals surface area contributed by atoms with Gasteiger partial charge in [-0.2, -0.15) is 13.2 Å². The molecule has 152 valence electrons. The van der Waals surface area contributed by atoms with Crippen molar-refractivity contribution < 1.29 is 22.8 Å². The van der Waals surface area contributed by atoms with Crippen molar-refractivity contribution in [3.05, 3.63) is 64.6 Å². The van der Waals surface area contributed by atoms with Gasteiger partial charge in [-0.15, -0.1) is 0 Å². The van der Waals surface area contributed by atoms with Crippen LogP contribution in [0.2, 0.25) is 0 Å². The SMILES string of the molecule is CN(C)c1ccc(C=C2SC(=O)N(CNc3cccc(C(F)(F)F)c3)C2=O)cc1. The monoisotopic (exact) mass is 421 g/mol. The molecule has 0 bridgehead atoms. The molecule has 0 saturated carbocycles. The molecule has 0 spiro atoms. The van der Waals surface area contributed by atoms with Crippen molar-refractivity contribution in [3.63, 3.8) is 0 Å². The van der Waals surface area contributed by atoms with E-state index >= 15 is 0 Å². The van der Waals surface area contributed by atoms with Gasteiger partial charge in [0.05, 0.1) is 17.1 Å². The molecule has 1 N–H and O–H groups in total. The van der Waals surface area contributed by atoms with Crippen LogP contribution in [0.5, 0.6) is 0 Å². The third-order valence-corrected chi connectivity index (χ3v) is 5.12. The largest absolute Gasteiger partial charge is 0.416 e. The Morgan fingerprint density at radius 1 is 1.10 bits per heavy atom. The van der Waals surface area contributed by atoms with Crippen molar-refractivity contribution in [2.75, 3.05) is 31.0 Å². The van der Waals surface area contributed by atoms with Crippen molar-refractivity contribution in [2.24, 2.45) is 0 Å². The van der Waals surface area contributed by atoms with Crippen LogP contribution in [-0.2, 0) is 11.0 Å². The van der Waals surface area contributed by atoms with Gasteiger partial charge in [0, 0.05) is 25.5 Å². The molecule has 2 amide bonds. The van der Waals surface area contributed by atoms with E-state index in [4.69, 9.17) is 0 Å². The minimum Gasteiger partial charge on any atom is -0.378 e. The first-order chi connectivity index (χ1) is 13.6. The van der Waals surface area contributed by atoms with E-state index in [9.17, 15) is 22.8 Å². The summed E-state index contributed by atoms with van der Waals surface area (Å²) in [4.78, 5) is 27.9. The fraction of sp³-hybridized carbons (Fsp3) is 0.200. The second kappa shape index (κ2) is 8.20. The lowest BCUT2D eigenvalue weighted by molar-refractivity contribution is -0.137. The zero-order valence-corrected chi connectivity index (χ0v) is 16.5. The maximum atomic E-state index is 12.8. The summed E-state index contributed by atoms with van der Waals surface area (Å²) in [6.07, 6.45) is -2.85. The van der Waals surface area contributed by atoms with Crippen LogP contribution < -0.4 is 10.2 Å². The van der Waals surface area contributed by atoms with E-state index in [0.29, 0.717) is 0 Å². The van der Waals surface area contributed by atoms with Gasteiger partial charge in [-0.3, -0.25) is 14.5 Å². The zero-order chi connectivity index (χ0) is 21.2. The Morgan fingerprint density at radius 2 is 1.79 bits per heavy atom. The molecular weight excluding hydrogens is 403 g/mol. The van der Waals surface area contributed by atoms with Gasteiger partial charge in [0.15, 0.2) is 0 Å². The summed E-state index contributed by atoms with van der Waals surface area (Å²) in [6.45, 7) is -0.219. The summed E-state index contributed by atoms with van der Waals surface area (Å²) in [6, 6.07) is 12.1. The first kappa shape index (κ1) is 20.8. The average molecular weight is 421 g/mol. The number of thioether (sulfide) groups is 1. The molecule has 0 aliphatic carbocycles. The number of anilines is 2. The summed E-state index contributed by atoms with van der Waals surface area (Å²) in [5, 5.41) is 2.22. The molecule has 1 fully saturated rings. The molecule has 2 aromatic rings. The Bertz CT molecular complexity index is 956. The van der Waals surface area contributed by atoms with E-state index in [-0.39, 0.29) is 17.3 Å². The highest BCUT2D eigenvalue weighted by Gasteiger charge is 2.35. The Balaban J connectivity index is 1.69. The Morgan fingerprint density at radius 3 is 2.41 bits per heavy atom. The van der Waals surface area contributed by atoms with Crippen molar-refractivity contribution in [3.8, 4) is 0 Å². The molecule has 1 heterocycles.